The number of anilines is 1. The zero-order chi connectivity index (χ0) is 16.6. The van der Waals surface area contributed by atoms with Crippen LogP contribution in [-0.2, 0) is 11.3 Å². The van der Waals surface area contributed by atoms with Gasteiger partial charge in [-0.2, -0.15) is 5.10 Å². The number of hydrogen-bond acceptors (Lipinski definition) is 7. The minimum Gasteiger partial charge on any atom is -0.467 e. The van der Waals surface area contributed by atoms with Crippen LogP contribution in [0.15, 0.2) is 41.1 Å². The minimum atomic E-state index is -0.535. The van der Waals surface area contributed by atoms with E-state index in [2.05, 4.69) is 20.4 Å². The summed E-state index contributed by atoms with van der Waals surface area (Å²) in [6.07, 6.45) is 4.95. The number of rotatable bonds is 8. The molecule has 0 unspecified atom stereocenters. The summed E-state index contributed by atoms with van der Waals surface area (Å²) in [5.41, 5.74) is 0. The van der Waals surface area contributed by atoms with Crippen molar-refractivity contribution in [1.29, 1.82) is 0 Å². The van der Waals surface area contributed by atoms with Crippen LogP contribution in [0, 0.1) is 0 Å². The minimum absolute atomic E-state index is 0.286. The Kier molecular flexibility index (Phi) is 6.17. The van der Waals surface area contributed by atoms with Crippen LogP contribution in [0.1, 0.15) is 18.6 Å². The van der Waals surface area contributed by atoms with E-state index in [0.717, 1.165) is 37.5 Å². The Morgan fingerprint density at radius 2 is 2.38 bits per heavy atom. The van der Waals surface area contributed by atoms with Crippen LogP contribution in [0.4, 0.5) is 5.82 Å². The molecule has 7 heteroatoms. The van der Waals surface area contributed by atoms with Crippen LogP contribution in [-0.4, -0.2) is 53.7 Å². The number of aromatic nitrogens is 2. The molecule has 0 saturated carbocycles. The highest BCUT2D eigenvalue weighted by atomic mass is 16.5. The predicted molar refractivity (Wildman–Crippen MR) is 89.6 cm³/mol. The molecule has 0 radical (unpaired) electrons. The number of nitrogens with one attached hydrogen (secondary N) is 1. The van der Waals surface area contributed by atoms with Gasteiger partial charge in [-0.15, -0.1) is 5.10 Å². The van der Waals surface area contributed by atoms with Gasteiger partial charge in [-0.25, -0.2) is 0 Å². The number of furan rings is 1. The average Bonchev–Trinajstić information content (AvgIpc) is 3.14. The molecule has 7 nitrogen and oxygen atoms in total. The molecule has 1 aliphatic heterocycles. The second kappa shape index (κ2) is 8.77. The van der Waals surface area contributed by atoms with Gasteiger partial charge in [0.15, 0.2) is 5.82 Å². The summed E-state index contributed by atoms with van der Waals surface area (Å²) < 4.78 is 10.6. The molecule has 1 aliphatic rings. The van der Waals surface area contributed by atoms with Crippen LogP contribution >= 0.6 is 0 Å². The van der Waals surface area contributed by atoms with E-state index in [4.69, 9.17) is 9.15 Å². The zero-order valence-electron chi connectivity index (χ0n) is 13.7. The van der Waals surface area contributed by atoms with Crippen molar-refractivity contribution in [3.63, 3.8) is 0 Å². The maximum absolute atomic E-state index is 10.0. The normalized spacial score (nSPS) is 19.4. The van der Waals surface area contributed by atoms with Gasteiger partial charge in [-0.05, 0) is 37.1 Å². The third-order valence-electron chi connectivity index (χ3n) is 4.08. The van der Waals surface area contributed by atoms with Crippen molar-refractivity contribution >= 4 is 5.82 Å². The summed E-state index contributed by atoms with van der Waals surface area (Å²) >= 11 is 0. The summed E-state index contributed by atoms with van der Waals surface area (Å²) in [6.45, 7) is 3.05. The van der Waals surface area contributed by atoms with E-state index in [-0.39, 0.29) is 6.61 Å². The summed E-state index contributed by atoms with van der Waals surface area (Å²) in [4.78, 5) is 2.23. The molecular formula is C17H24N4O3. The van der Waals surface area contributed by atoms with Crippen molar-refractivity contribution in [3.8, 4) is 0 Å². The third-order valence-corrected chi connectivity index (χ3v) is 4.08. The molecule has 1 fully saturated rings. The van der Waals surface area contributed by atoms with Crippen LogP contribution in [0.3, 0.4) is 0 Å². The number of hydrogen-bond donors (Lipinski definition) is 2. The third kappa shape index (κ3) is 5.02. The fourth-order valence-electron chi connectivity index (χ4n) is 2.87. The Morgan fingerprint density at radius 3 is 3.17 bits per heavy atom. The lowest BCUT2D eigenvalue weighted by Crippen LogP contribution is -2.48. The Bertz CT molecular complexity index is 579. The largest absolute Gasteiger partial charge is 0.467 e. The molecule has 0 bridgehead atoms. The van der Waals surface area contributed by atoms with E-state index in [1.165, 1.54) is 0 Å². The number of aliphatic hydroxyl groups is 1. The molecule has 0 aliphatic carbocycles. The highest BCUT2D eigenvalue weighted by Crippen LogP contribution is 2.16. The number of nitrogens with zero attached hydrogens (tertiary/aromatic N) is 3. The SMILES string of the molecule is O[C@@H](CN[C@H]1CCCN(c2cccnn2)C1)COCc1ccco1. The van der Waals surface area contributed by atoms with Crippen molar-refractivity contribution in [2.45, 2.75) is 31.6 Å². The molecule has 0 spiro atoms. The molecule has 3 heterocycles. The molecule has 2 aromatic rings. The lowest BCUT2D eigenvalue weighted by molar-refractivity contribution is 0.0213. The smallest absolute Gasteiger partial charge is 0.151 e. The lowest BCUT2D eigenvalue weighted by atomic mass is 10.1. The first-order valence-electron chi connectivity index (χ1n) is 8.35. The van der Waals surface area contributed by atoms with E-state index in [1.54, 1.807) is 12.5 Å². The highest BCUT2D eigenvalue weighted by molar-refractivity contribution is 5.37. The second-order valence-electron chi connectivity index (χ2n) is 6.02. The first kappa shape index (κ1) is 16.9. The predicted octanol–water partition coefficient (Wildman–Crippen LogP) is 1.21. The quantitative estimate of drug-likeness (QED) is 0.751. The molecule has 0 aromatic carbocycles. The van der Waals surface area contributed by atoms with E-state index < -0.39 is 6.10 Å². The molecule has 1 saturated heterocycles. The van der Waals surface area contributed by atoms with Crippen LogP contribution < -0.4 is 10.2 Å². The van der Waals surface area contributed by atoms with E-state index in [0.29, 0.717) is 19.2 Å². The number of ether oxygens (including phenoxy) is 1. The van der Waals surface area contributed by atoms with Crippen molar-refractivity contribution in [2.24, 2.45) is 0 Å². The zero-order valence-corrected chi connectivity index (χ0v) is 13.7. The van der Waals surface area contributed by atoms with E-state index >= 15 is 0 Å². The van der Waals surface area contributed by atoms with Crippen molar-refractivity contribution in [2.75, 3.05) is 31.1 Å². The lowest BCUT2D eigenvalue weighted by Gasteiger charge is -2.34. The molecular weight excluding hydrogens is 308 g/mol. The topological polar surface area (TPSA) is 83.7 Å². The van der Waals surface area contributed by atoms with Gasteiger partial charge in [0.1, 0.15) is 12.4 Å². The Labute approximate surface area is 141 Å². The Morgan fingerprint density at radius 1 is 1.42 bits per heavy atom. The van der Waals surface area contributed by atoms with Crippen LogP contribution in [0.5, 0.6) is 0 Å². The van der Waals surface area contributed by atoms with Gasteiger partial charge in [0.05, 0.1) is 19.0 Å². The summed E-state index contributed by atoms with van der Waals surface area (Å²) in [7, 11) is 0. The molecule has 3 rings (SSSR count). The van der Waals surface area contributed by atoms with Crippen molar-refractivity contribution < 1.29 is 14.3 Å². The standard InChI is InChI=1S/C17H24N4O3/c22-15(12-23-13-16-5-3-9-24-16)10-18-14-4-2-8-21(11-14)17-6-1-7-19-20-17/h1,3,5-7,9,14-15,18,22H,2,4,8,10-13H2/t14-,15-/m0/s1. The van der Waals surface area contributed by atoms with Gasteiger partial charge < -0.3 is 24.5 Å². The molecule has 130 valence electrons. The van der Waals surface area contributed by atoms with Gasteiger partial charge in [-0.1, -0.05) is 0 Å². The van der Waals surface area contributed by atoms with Gasteiger partial charge in [-0.3, -0.25) is 0 Å². The Balaban J connectivity index is 1.36. The van der Waals surface area contributed by atoms with Gasteiger partial charge in [0.2, 0.25) is 0 Å². The number of aliphatic hydroxyl groups excluding tert-OH is 1. The van der Waals surface area contributed by atoms with Gasteiger partial charge in [0, 0.05) is 31.9 Å². The molecule has 2 aromatic heterocycles. The first-order chi connectivity index (χ1) is 11.8. The van der Waals surface area contributed by atoms with Crippen LogP contribution in [0.2, 0.25) is 0 Å². The van der Waals surface area contributed by atoms with Crippen molar-refractivity contribution in [3.05, 3.63) is 42.5 Å². The maximum atomic E-state index is 10.0. The van der Waals surface area contributed by atoms with Gasteiger partial charge >= 0.3 is 0 Å². The van der Waals surface area contributed by atoms with Gasteiger partial charge in [0.25, 0.3) is 0 Å². The second-order valence-corrected chi connectivity index (χ2v) is 6.02. The molecule has 2 N–H and O–H groups in total. The maximum Gasteiger partial charge on any atom is 0.151 e. The molecule has 24 heavy (non-hydrogen) atoms. The summed E-state index contributed by atoms with van der Waals surface area (Å²) in [5.74, 6) is 1.67. The fraction of sp³-hybridized carbons (Fsp3) is 0.529. The highest BCUT2D eigenvalue weighted by Gasteiger charge is 2.21. The molecule has 0 amide bonds. The van der Waals surface area contributed by atoms with E-state index in [1.807, 2.05) is 24.3 Å². The van der Waals surface area contributed by atoms with Crippen LogP contribution in [0.25, 0.3) is 0 Å². The number of piperidine rings is 1. The molecule has 2 atom stereocenters. The fourth-order valence-corrected chi connectivity index (χ4v) is 2.87. The summed E-state index contributed by atoms with van der Waals surface area (Å²) in [5, 5.41) is 21.6. The summed E-state index contributed by atoms with van der Waals surface area (Å²) in [6, 6.07) is 7.89. The average molecular weight is 332 g/mol. The Hall–Kier alpha value is -1.96. The first-order valence-corrected chi connectivity index (χ1v) is 8.35. The monoisotopic (exact) mass is 332 g/mol. The van der Waals surface area contributed by atoms with Crippen molar-refractivity contribution in [1.82, 2.24) is 15.5 Å². The van der Waals surface area contributed by atoms with E-state index in [9.17, 15) is 5.11 Å².